The maximum Gasteiger partial charge on any atom is 0.189 e. The minimum absolute atomic E-state index is 0.282. The standard InChI is InChI=1S/C15H23NO2/c1-11-4-7-14(12(2)16-3)15(8-11)18-10-17-9-13-5-6-13/h4,7-8,12-13,16H,5-6,9-10H2,1-3H3. The van der Waals surface area contributed by atoms with Gasteiger partial charge in [-0.25, -0.2) is 0 Å². The van der Waals surface area contributed by atoms with Crippen LogP contribution in [0.25, 0.3) is 0 Å². The number of nitrogens with one attached hydrogen (secondary N) is 1. The summed E-state index contributed by atoms with van der Waals surface area (Å²) in [6.07, 6.45) is 2.62. The van der Waals surface area contributed by atoms with Gasteiger partial charge in [0, 0.05) is 11.6 Å². The first-order valence-corrected chi connectivity index (χ1v) is 6.69. The molecular formula is C15H23NO2. The Labute approximate surface area is 109 Å². The van der Waals surface area contributed by atoms with Gasteiger partial charge in [0.1, 0.15) is 5.75 Å². The summed E-state index contributed by atoms with van der Waals surface area (Å²) in [5.41, 5.74) is 2.39. The normalized spacial score (nSPS) is 16.6. The van der Waals surface area contributed by atoms with Crippen LogP contribution < -0.4 is 10.1 Å². The van der Waals surface area contributed by atoms with Crippen molar-refractivity contribution in [1.29, 1.82) is 0 Å². The first-order chi connectivity index (χ1) is 8.70. The minimum atomic E-state index is 0.282. The van der Waals surface area contributed by atoms with Gasteiger partial charge in [-0.3, -0.25) is 0 Å². The number of ether oxygens (including phenoxy) is 2. The summed E-state index contributed by atoms with van der Waals surface area (Å²) in [4.78, 5) is 0. The van der Waals surface area contributed by atoms with Crippen LogP contribution in [0.1, 0.15) is 36.9 Å². The van der Waals surface area contributed by atoms with Crippen LogP contribution in [0.4, 0.5) is 0 Å². The molecule has 0 aromatic heterocycles. The van der Waals surface area contributed by atoms with E-state index in [-0.39, 0.29) is 6.04 Å². The summed E-state index contributed by atoms with van der Waals surface area (Å²) in [5, 5.41) is 3.24. The van der Waals surface area contributed by atoms with Gasteiger partial charge in [0.2, 0.25) is 0 Å². The van der Waals surface area contributed by atoms with Gasteiger partial charge in [0.15, 0.2) is 6.79 Å². The molecule has 0 saturated heterocycles. The first kappa shape index (κ1) is 13.4. The topological polar surface area (TPSA) is 30.5 Å². The second kappa shape index (κ2) is 6.21. The molecule has 3 heteroatoms. The lowest BCUT2D eigenvalue weighted by molar-refractivity contribution is 0.00923. The van der Waals surface area contributed by atoms with Crippen molar-refractivity contribution >= 4 is 0 Å². The number of rotatable bonds is 7. The van der Waals surface area contributed by atoms with Crippen LogP contribution in [-0.4, -0.2) is 20.4 Å². The van der Waals surface area contributed by atoms with E-state index in [1.54, 1.807) is 0 Å². The molecule has 1 aromatic rings. The van der Waals surface area contributed by atoms with Crippen LogP contribution in [0, 0.1) is 12.8 Å². The van der Waals surface area contributed by atoms with Crippen LogP contribution in [-0.2, 0) is 4.74 Å². The van der Waals surface area contributed by atoms with Gasteiger partial charge >= 0.3 is 0 Å². The van der Waals surface area contributed by atoms with Crippen LogP contribution in [0.15, 0.2) is 18.2 Å². The molecule has 2 rings (SSSR count). The molecule has 0 heterocycles. The highest BCUT2D eigenvalue weighted by molar-refractivity contribution is 5.39. The summed E-state index contributed by atoms with van der Waals surface area (Å²) >= 11 is 0. The van der Waals surface area contributed by atoms with Gasteiger partial charge in [-0.15, -0.1) is 0 Å². The highest BCUT2D eigenvalue weighted by atomic mass is 16.7. The van der Waals surface area contributed by atoms with Crippen LogP contribution in [0.2, 0.25) is 0 Å². The largest absolute Gasteiger partial charge is 0.467 e. The summed E-state index contributed by atoms with van der Waals surface area (Å²) in [6, 6.07) is 6.58. The fourth-order valence-electron chi connectivity index (χ4n) is 1.88. The molecule has 1 atom stereocenters. The van der Waals surface area contributed by atoms with Crippen molar-refractivity contribution in [3.63, 3.8) is 0 Å². The van der Waals surface area contributed by atoms with E-state index in [4.69, 9.17) is 9.47 Å². The third-order valence-electron chi connectivity index (χ3n) is 3.42. The molecule has 0 radical (unpaired) electrons. The zero-order valence-corrected chi connectivity index (χ0v) is 11.5. The Bertz CT molecular complexity index is 388. The lowest BCUT2D eigenvalue weighted by Gasteiger charge is -2.17. The van der Waals surface area contributed by atoms with Crippen molar-refractivity contribution in [2.24, 2.45) is 5.92 Å². The van der Waals surface area contributed by atoms with Crippen LogP contribution >= 0.6 is 0 Å². The van der Waals surface area contributed by atoms with Crippen molar-refractivity contribution in [2.45, 2.75) is 32.7 Å². The summed E-state index contributed by atoms with van der Waals surface area (Å²) in [6.45, 7) is 5.39. The van der Waals surface area contributed by atoms with Gasteiger partial charge in [-0.2, -0.15) is 0 Å². The van der Waals surface area contributed by atoms with Gasteiger partial charge in [-0.1, -0.05) is 12.1 Å². The van der Waals surface area contributed by atoms with Crippen molar-refractivity contribution in [3.05, 3.63) is 29.3 Å². The third kappa shape index (κ3) is 3.72. The second-order valence-corrected chi connectivity index (χ2v) is 5.13. The van der Waals surface area contributed by atoms with Crippen molar-refractivity contribution in [1.82, 2.24) is 5.32 Å². The molecule has 0 bridgehead atoms. The maximum absolute atomic E-state index is 5.76. The van der Waals surface area contributed by atoms with E-state index < -0.39 is 0 Å². The predicted octanol–water partition coefficient (Wildman–Crippen LogP) is 3.04. The van der Waals surface area contributed by atoms with Crippen molar-refractivity contribution < 1.29 is 9.47 Å². The average Bonchev–Trinajstić information content (AvgIpc) is 3.18. The Morgan fingerprint density at radius 3 is 2.83 bits per heavy atom. The summed E-state index contributed by atoms with van der Waals surface area (Å²) < 4.78 is 11.3. The molecule has 1 aliphatic carbocycles. The fourth-order valence-corrected chi connectivity index (χ4v) is 1.88. The highest BCUT2D eigenvalue weighted by Crippen LogP contribution is 2.29. The molecule has 1 unspecified atom stereocenters. The molecule has 3 nitrogen and oxygen atoms in total. The number of aryl methyl sites for hydroxylation is 1. The Balaban J connectivity index is 1.92. The van der Waals surface area contributed by atoms with Gasteiger partial charge in [0.25, 0.3) is 0 Å². The molecule has 1 N–H and O–H groups in total. The van der Waals surface area contributed by atoms with E-state index in [0.29, 0.717) is 6.79 Å². The molecule has 0 spiro atoms. The van der Waals surface area contributed by atoms with Gasteiger partial charge in [-0.05, 0) is 51.3 Å². The Morgan fingerprint density at radius 1 is 1.39 bits per heavy atom. The monoisotopic (exact) mass is 249 g/mol. The smallest absolute Gasteiger partial charge is 0.189 e. The second-order valence-electron chi connectivity index (χ2n) is 5.13. The van der Waals surface area contributed by atoms with E-state index in [2.05, 4.69) is 37.4 Å². The third-order valence-corrected chi connectivity index (χ3v) is 3.42. The molecule has 0 amide bonds. The number of benzene rings is 1. The number of hydrogen-bond acceptors (Lipinski definition) is 3. The van der Waals surface area contributed by atoms with Crippen LogP contribution in [0.5, 0.6) is 5.75 Å². The van der Waals surface area contributed by atoms with Crippen molar-refractivity contribution in [2.75, 3.05) is 20.4 Å². The molecule has 18 heavy (non-hydrogen) atoms. The fraction of sp³-hybridized carbons (Fsp3) is 0.600. The van der Waals surface area contributed by atoms with E-state index in [9.17, 15) is 0 Å². The van der Waals surface area contributed by atoms with E-state index in [1.165, 1.54) is 24.0 Å². The van der Waals surface area contributed by atoms with E-state index in [1.807, 2.05) is 7.05 Å². The lowest BCUT2D eigenvalue weighted by Crippen LogP contribution is -2.15. The molecular weight excluding hydrogens is 226 g/mol. The minimum Gasteiger partial charge on any atom is -0.467 e. The zero-order chi connectivity index (χ0) is 13.0. The molecule has 1 aromatic carbocycles. The summed E-state index contributed by atoms with van der Waals surface area (Å²) in [5.74, 6) is 1.70. The molecule has 1 fully saturated rings. The van der Waals surface area contributed by atoms with Crippen molar-refractivity contribution in [3.8, 4) is 5.75 Å². The zero-order valence-electron chi connectivity index (χ0n) is 11.5. The Morgan fingerprint density at radius 2 is 2.17 bits per heavy atom. The molecule has 1 aliphatic rings. The molecule has 100 valence electrons. The molecule has 0 aliphatic heterocycles. The average molecular weight is 249 g/mol. The van der Waals surface area contributed by atoms with Gasteiger partial charge < -0.3 is 14.8 Å². The highest BCUT2D eigenvalue weighted by Gasteiger charge is 2.21. The Kier molecular flexibility index (Phi) is 4.61. The maximum atomic E-state index is 5.76. The van der Waals surface area contributed by atoms with Crippen LogP contribution in [0.3, 0.4) is 0 Å². The lowest BCUT2D eigenvalue weighted by atomic mass is 10.1. The SMILES string of the molecule is CNC(C)c1ccc(C)cc1OCOCC1CC1. The first-order valence-electron chi connectivity index (χ1n) is 6.69. The number of hydrogen-bond donors (Lipinski definition) is 1. The van der Waals surface area contributed by atoms with E-state index in [0.717, 1.165) is 18.3 Å². The Hall–Kier alpha value is -1.06. The van der Waals surface area contributed by atoms with E-state index >= 15 is 0 Å². The quantitative estimate of drug-likeness (QED) is 0.595. The molecule has 1 saturated carbocycles. The summed E-state index contributed by atoms with van der Waals surface area (Å²) in [7, 11) is 1.96. The van der Waals surface area contributed by atoms with Gasteiger partial charge in [0.05, 0.1) is 6.61 Å². The predicted molar refractivity (Wildman–Crippen MR) is 72.8 cm³/mol.